The van der Waals surface area contributed by atoms with Crippen LogP contribution in [0.5, 0.6) is 0 Å². The summed E-state index contributed by atoms with van der Waals surface area (Å²) in [5.74, 6) is 0.804. The quantitative estimate of drug-likeness (QED) is 0.860. The number of carbonyl (C=O) groups excluding carboxylic acids is 1. The predicted molar refractivity (Wildman–Crippen MR) is 83.4 cm³/mol. The van der Waals surface area contributed by atoms with Crippen molar-refractivity contribution < 1.29 is 4.79 Å². The van der Waals surface area contributed by atoms with E-state index in [0.717, 1.165) is 31.1 Å². The Morgan fingerprint density at radius 1 is 1.32 bits per heavy atom. The van der Waals surface area contributed by atoms with Crippen LogP contribution >= 0.6 is 0 Å². The van der Waals surface area contributed by atoms with Crippen LogP contribution < -0.4 is 5.32 Å². The Kier molecular flexibility index (Phi) is 4.35. The second kappa shape index (κ2) is 6.41. The van der Waals surface area contributed by atoms with Crippen LogP contribution in [0.1, 0.15) is 12.2 Å². The number of fused-ring (bicyclic) bond motifs is 1. The van der Waals surface area contributed by atoms with Crippen LogP contribution in [0.3, 0.4) is 0 Å². The highest BCUT2D eigenvalue weighted by Gasteiger charge is 2.24. The molecule has 0 unspecified atom stereocenters. The van der Waals surface area contributed by atoms with Gasteiger partial charge < -0.3 is 15.1 Å². The zero-order chi connectivity index (χ0) is 15.5. The van der Waals surface area contributed by atoms with Crippen molar-refractivity contribution in [3.63, 3.8) is 0 Å². The monoisotopic (exact) mass is 302 g/mol. The van der Waals surface area contributed by atoms with Gasteiger partial charge in [0.2, 0.25) is 5.91 Å². The number of rotatable bonds is 4. The molecule has 1 saturated heterocycles. The number of piperazine rings is 1. The molecule has 1 amide bonds. The van der Waals surface area contributed by atoms with Gasteiger partial charge in [-0.15, -0.1) is 10.2 Å². The average Bonchev–Trinajstić information content (AvgIpc) is 2.92. The normalized spacial score (nSPS) is 20.4. The fourth-order valence-corrected chi connectivity index (χ4v) is 2.80. The first-order valence-corrected chi connectivity index (χ1v) is 7.57. The lowest BCUT2D eigenvalue weighted by atomic mass is 10.1. The van der Waals surface area contributed by atoms with Crippen molar-refractivity contribution in [3.05, 3.63) is 30.2 Å². The Hall–Kier alpha value is -1.99. The van der Waals surface area contributed by atoms with Crippen molar-refractivity contribution in [2.45, 2.75) is 19.0 Å². The smallest absolute Gasteiger partial charge is 0.221 e. The second-order valence-corrected chi connectivity index (χ2v) is 5.92. The molecule has 2 aromatic rings. The average molecular weight is 302 g/mol. The van der Waals surface area contributed by atoms with Crippen molar-refractivity contribution in [1.82, 2.24) is 29.7 Å². The van der Waals surface area contributed by atoms with Crippen molar-refractivity contribution in [1.29, 1.82) is 0 Å². The minimum absolute atomic E-state index is 0.0554. The van der Waals surface area contributed by atoms with Crippen molar-refractivity contribution >= 4 is 11.6 Å². The molecule has 1 aliphatic heterocycles. The molecule has 0 aromatic carbocycles. The van der Waals surface area contributed by atoms with Gasteiger partial charge in [-0.25, -0.2) is 0 Å². The Morgan fingerprint density at radius 2 is 2.18 bits per heavy atom. The fraction of sp³-hybridized carbons (Fsp3) is 0.533. The molecule has 1 fully saturated rings. The van der Waals surface area contributed by atoms with E-state index in [9.17, 15) is 4.79 Å². The predicted octanol–water partition coefficient (Wildman–Crippen LogP) is -0.0186. The number of nitrogens with one attached hydrogen (secondary N) is 1. The van der Waals surface area contributed by atoms with Gasteiger partial charge in [-0.2, -0.15) is 0 Å². The minimum Gasteiger partial charge on any atom is -0.349 e. The molecular weight excluding hydrogens is 280 g/mol. The van der Waals surface area contributed by atoms with E-state index in [1.165, 1.54) is 0 Å². The molecule has 118 valence electrons. The first-order valence-electron chi connectivity index (χ1n) is 7.57. The van der Waals surface area contributed by atoms with Crippen molar-refractivity contribution in [2.75, 3.05) is 33.7 Å². The summed E-state index contributed by atoms with van der Waals surface area (Å²) in [6.45, 7) is 3.39. The number of aromatic nitrogens is 3. The maximum absolute atomic E-state index is 12.2. The van der Waals surface area contributed by atoms with Crippen LogP contribution in [-0.4, -0.2) is 70.1 Å². The summed E-state index contributed by atoms with van der Waals surface area (Å²) in [6.07, 6.45) is 2.41. The number of hydrogen-bond donors (Lipinski definition) is 1. The molecule has 1 atom stereocenters. The van der Waals surface area contributed by atoms with Crippen LogP contribution in [0.2, 0.25) is 0 Å². The molecule has 1 N–H and O–H groups in total. The summed E-state index contributed by atoms with van der Waals surface area (Å²) in [6, 6.07) is 6.01. The molecule has 22 heavy (non-hydrogen) atoms. The zero-order valence-corrected chi connectivity index (χ0v) is 13.1. The molecule has 3 rings (SSSR count). The standard InChI is InChI=1S/C15H22N6O/c1-19-7-8-20(2)12(11-19)9-15(22)16-10-14-18-17-13-5-3-4-6-21(13)14/h3-6,12H,7-11H2,1-2H3,(H,16,22)/t12-/m1/s1. The number of pyridine rings is 1. The molecule has 3 heterocycles. The van der Waals surface area contributed by atoms with Gasteiger partial charge in [0.05, 0.1) is 6.54 Å². The lowest BCUT2D eigenvalue weighted by Crippen LogP contribution is -2.51. The van der Waals surface area contributed by atoms with E-state index >= 15 is 0 Å². The summed E-state index contributed by atoms with van der Waals surface area (Å²) in [7, 11) is 4.18. The number of hydrogen-bond acceptors (Lipinski definition) is 5. The first kappa shape index (κ1) is 14.9. The molecule has 2 aromatic heterocycles. The topological polar surface area (TPSA) is 65.8 Å². The third-order valence-electron chi connectivity index (χ3n) is 4.23. The van der Waals surface area contributed by atoms with E-state index in [1.807, 2.05) is 28.8 Å². The van der Waals surface area contributed by atoms with Crippen LogP contribution in [0, 0.1) is 0 Å². The number of nitrogens with zero attached hydrogens (tertiary/aromatic N) is 5. The van der Waals surface area contributed by atoms with Gasteiger partial charge in [0.15, 0.2) is 11.5 Å². The molecule has 0 spiro atoms. The Morgan fingerprint density at radius 3 is 3.05 bits per heavy atom. The van der Waals surface area contributed by atoms with Gasteiger partial charge in [0.25, 0.3) is 0 Å². The van der Waals surface area contributed by atoms with Crippen molar-refractivity contribution in [3.8, 4) is 0 Å². The molecule has 7 heteroatoms. The summed E-state index contributed by atoms with van der Waals surface area (Å²) in [4.78, 5) is 16.7. The molecule has 0 aliphatic carbocycles. The van der Waals surface area contributed by atoms with Gasteiger partial charge in [0, 0.05) is 38.3 Å². The Labute approximate surface area is 129 Å². The van der Waals surface area contributed by atoms with Gasteiger partial charge in [-0.1, -0.05) is 6.07 Å². The van der Waals surface area contributed by atoms with E-state index in [0.29, 0.717) is 13.0 Å². The second-order valence-electron chi connectivity index (χ2n) is 5.92. The fourth-order valence-electron chi connectivity index (χ4n) is 2.80. The highest BCUT2D eigenvalue weighted by atomic mass is 16.1. The van der Waals surface area contributed by atoms with E-state index in [1.54, 1.807) is 0 Å². The lowest BCUT2D eigenvalue weighted by Gasteiger charge is -2.37. The van der Waals surface area contributed by atoms with Gasteiger partial charge in [0.1, 0.15) is 0 Å². The Bertz CT molecular complexity index is 654. The summed E-state index contributed by atoms with van der Waals surface area (Å²) >= 11 is 0. The van der Waals surface area contributed by atoms with E-state index in [2.05, 4.69) is 39.4 Å². The third-order valence-corrected chi connectivity index (χ3v) is 4.23. The zero-order valence-electron chi connectivity index (χ0n) is 13.1. The highest BCUT2D eigenvalue weighted by Crippen LogP contribution is 2.09. The first-order chi connectivity index (χ1) is 10.6. The maximum atomic E-state index is 12.2. The van der Waals surface area contributed by atoms with Crippen LogP contribution in [0.15, 0.2) is 24.4 Å². The van der Waals surface area contributed by atoms with Crippen LogP contribution in [0.25, 0.3) is 5.65 Å². The van der Waals surface area contributed by atoms with Gasteiger partial charge in [-0.05, 0) is 26.2 Å². The highest BCUT2D eigenvalue weighted by molar-refractivity contribution is 5.76. The summed E-state index contributed by atoms with van der Waals surface area (Å²) in [5, 5.41) is 11.2. The third kappa shape index (κ3) is 3.26. The molecule has 0 saturated carbocycles. The minimum atomic E-state index is 0.0554. The largest absolute Gasteiger partial charge is 0.349 e. The summed E-state index contributed by atoms with van der Waals surface area (Å²) < 4.78 is 1.89. The Balaban J connectivity index is 1.56. The molecular formula is C15H22N6O. The number of likely N-dealkylation sites (N-methyl/N-ethyl adjacent to an activating group) is 2. The van der Waals surface area contributed by atoms with Gasteiger partial charge in [-0.3, -0.25) is 9.20 Å². The van der Waals surface area contributed by atoms with E-state index in [-0.39, 0.29) is 11.9 Å². The number of carbonyl (C=O) groups is 1. The molecule has 0 radical (unpaired) electrons. The molecule has 7 nitrogen and oxygen atoms in total. The lowest BCUT2D eigenvalue weighted by molar-refractivity contribution is -0.122. The molecule has 1 aliphatic rings. The van der Waals surface area contributed by atoms with E-state index in [4.69, 9.17) is 0 Å². The van der Waals surface area contributed by atoms with Crippen LogP contribution in [0.4, 0.5) is 0 Å². The van der Waals surface area contributed by atoms with Crippen molar-refractivity contribution in [2.24, 2.45) is 0 Å². The van der Waals surface area contributed by atoms with E-state index < -0.39 is 0 Å². The number of amides is 1. The van der Waals surface area contributed by atoms with Gasteiger partial charge >= 0.3 is 0 Å². The van der Waals surface area contributed by atoms with Crippen LogP contribution in [-0.2, 0) is 11.3 Å². The summed E-state index contributed by atoms with van der Waals surface area (Å²) in [5.41, 5.74) is 0.792. The maximum Gasteiger partial charge on any atom is 0.221 e. The SMILES string of the molecule is CN1CCN(C)[C@H](CC(=O)NCc2nnc3ccccn23)C1. The molecule has 0 bridgehead atoms.